The van der Waals surface area contributed by atoms with Gasteiger partial charge in [0.1, 0.15) is 5.75 Å². The van der Waals surface area contributed by atoms with Crippen molar-refractivity contribution in [2.24, 2.45) is 0 Å². The van der Waals surface area contributed by atoms with Crippen LogP contribution >= 0.6 is 0 Å². The van der Waals surface area contributed by atoms with Gasteiger partial charge in [-0.25, -0.2) is 0 Å². The first kappa shape index (κ1) is 10.9. The molecule has 46 valence electrons. The van der Waals surface area contributed by atoms with Gasteiger partial charge in [0, 0.05) is 0 Å². The van der Waals surface area contributed by atoms with Crippen LogP contribution in [0.5, 0.6) is 0 Å². The van der Waals surface area contributed by atoms with Crippen molar-refractivity contribution >= 4 is 10.9 Å². The Morgan fingerprint density at radius 3 is 1.86 bits per heavy atom. The maximum Gasteiger partial charge on any atom is 0.130 e. The molecule has 0 aromatic heterocycles. The molecule has 3 heteroatoms. The summed E-state index contributed by atoms with van der Waals surface area (Å²) in [6.45, 7) is 0.343. The number of aliphatic hydroxyl groups excluding tert-OH is 1. The van der Waals surface area contributed by atoms with Crippen LogP contribution in [0.2, 0.25) is 0 Å². The van der Waals surface area contributed by atoms with Gasteiger partial charge in [0.25, 0.3) is 0 Å². The largest absolute Gasteiger partial charge is 1.00 e. The highest BCUT2D eigenvalue weighted by atomic mass is 127. The molecule has 0 aliphatic heterocycles. The molecule has 0 saturated carbocycles. The summed E-state index contributed by atoms with van der Waals surface area (Å²) >= 11 is 0. The standard InChI is InChI=1S/C4H11OS.HI/c1-6(2)4-3-5;/h5H,3-4H2,1-2H3;1H/q+1;/p-1. The van der Waals surface area contributed by atoms with Crippen molar-refractivity contribution in [3.63, 3.8) is 0 Å². The molecule has 0 rings (SSSR count). The summed E-state index contributed by atoms with van der Waals surface area (Å²) in [5.74, 6) is 0.958. The fraction of sp³-hybridized carbons (Fsp3) is 1.00. The Hall–Kier alpha value is 1.04. The van der Waals surface area contributed by atoms with Crippen LogP contribution in [-0.4, -0.2) is 30.0 Å². The number of aliphatic hydroxyl groups is 1. The Morgan fingerprint density at radius 2 is 1.86 bits per heavy atom. The van der Waals surface area contributed by atoms with Gasteiger partial charge < -0.3 is 29.1 Å². The molecular formula is C4H11IOS. The second-order valence-electron chi connectivity index (χ2n) is 1.41. The lowest BCUT2D eigenvalue weighted by Gasteiger charge is -1.86. The third-order valence-corrected chi connectivity index (χ3v) is 1.50. The lowest BCUT2D eigenvalue weighted by atomic mass is 10.9. The van der Waals surface area contributed by atoms with Gasteiger partial charge in [-0.2, -0.15) is 0 Å². The van der Waals surface area contributed by atoms with Gasteiger partial charge >= 0.3 is 0 Å². The minimum Gasteiger partial charge on any atom is -1.00 e. The molecule has 0 spiro atoms. The molecule has 0 aromatic carbocycles. The van der Waals surface area contributed by atoms with Crippen LogP contribution in [0.25, 0.3) is 0 Å². The normalized spacial score (nSPS) is 8.57. The van der Waals surface area contributed by atoms with Crippen molar-refractivity contribution in [3.8, 4) is 0 Å². The van der Waals surface area contributed by atoms with E-state index in [0.29, 0.717) is 17.5 Å². The zero-order valence-electron chi connectivity index (χ0n) is 4.65. The second-order valence-corrected chi connectivity index (χ2v) is 3.79. The zero-order chi connectivity index (χ0) is 4.99. The number of hydrogen-bond acceptors (Lipinski definition) is 1. The summed E-state index contributed by atoms with van der Waals surface area (Å²) < 4.78 is 0. The van der Waals surface area contributed by atoms with E-state index in [-0.39, 0.29) is 24.0 Å². The first-order chi connectivity index (χ1) is 2.77. The number of halogens is 1. The molecule has 0 heterocycles. The highest BCUT2D eigenvalue weighted by Gasteiger charge is 1.95. The summed E-state index contributed by atoms with van der Waals surface area (Å²) in [5.41, 5.74) is 0. The Balaban J connectivity index is 0. The molecular weight excluding hydrogens is 223 g/mol. The van der Waals surface area contributed by atoms with E-state index in [0.717, 1.165) is 5.75 Å². The third-order valence-electron chi connectivity index (χ3n) is 0.500. The maximum atomic E-state index is 8.24. The smallest absolute Gasteiger partial charge is 0.130 e. The fourth-order valence-corrected chi connectivity index (χ4v) is 0.548. The van der Waals surface area contributed by atoms with Gasteiger partial charge in [-0.3, -0.25) is 0 Å². The number of hydrogen-bond donors (Lipinski definition) is 1. The van der Waals surface area contributed by atoms with Gasteiger partial charge in [0.05, 0.1) is 19.1 Å². The van der Waals surface area contributed by atoms with Gasteiger partial charge in [0.15, 0.2) is 0 Å². The van der Waals surface area contributed by atoms with Crippen molar-refractivity contribution in [3.05, 3.63) is 0 Å². The first-order valence-electron chi connectivity index (χ1n) is 1.92. The van der Waals surface area contributed by atoms with E-state index in [1.54, 1.807) is 0 Å². The monoisotopic (exact) mass is 234 g/mol. The average molecular weight is 234 g/mol. The molecule has 0 radical (unpaired) electrons. The van der Waals surface area contributed by atoms with Crippen LogP contribution in [0.15, 0.2) is 0 Å². The highest BCUT2D eigenvalue weighted by molar-refractivity contribution is 7.95. The van der Waals surface area contributed by atoms with E-state index in [1.165, 1.54) is 0 Å². The minimum atomic E-state index is 0. The second kappa shape index (κ2) is 7.04. The van der Waals surface area contributed by atoms with E-state index < -0.39 is 0 Å². The topological polar surface area (TPSA) is 20.2 Å². The molecule has 0 unspecified atom stereocenters. The molecule has 1 N–H and O–H groups in total. The predicted octanol–water partition coefficient (Wildman–Crippen LogP) is -3.14. The summed E-state index contributed by atoms with van der Waals surface area (Å²) in [5, 5.41) is 8.24. The zero-order valence-corrected chi connectivity index (χ0v) is 7.62. The van der Waals surface area contributed by atoms with Crippen molar-refractivity contribution in [1.29, 1.82) is 0 Å². The summed E-state index contributed by atoms with van der Waals surface area (Å²) in [7, 11) is 0.434. The van der Waals surface area contributed by atoms with Gasteiger partial charge in [-0.15, -0.1) is 0 Å². The molecule has 7 heavy (non-hydrogen) atoms. The maximum absolute atomic E-state index is 8.24. The quantitative estimate of drug-likeness (QED) is 0.395. The molecule has 0 amide bonds. The molecule has 0 aliphatic carbocycles. The van der Waals surface area contributed by atoms with Crippen molar-refractivity contribution < 1.29 is 29.1 Å². The number of rotatable bonds is 2. The fourth-order valence-electron chi connectivity index (χ4n) is 0.183. The van der Waals surface area contributed by atoms with Crippen molar-refractivity contribution in [1.82, 2.24) is 0 Å². The molecule has 0 atom stereocenters. The molecule has 0 saturated heterocycles. The van der Waals surface area contributed by atoms with Crippen molar-refractivity contribution in [2.75, 3.05) is 24.9 Å². The Kier molecular flexibility index (Phi) is 11.0. The Morgan fingerprint density at radius 1 is 1.43 bits per heavy atom. The molecule has 0 aromatic rings. The van der Waals surface area contributed by atoms with E-state index in [4.69, 9.17) is 5.11 Å². The van der Waals surface area contributed by atoms with Crippen LogP contribution in [0, 0.1) is 0 Å². The summed E-state index contributed by atoms with van der Waals surface area (Å²) in [4.78, 5) is 0. The lowest BCUT2D eigenvalue weighted by Crippen LogP contribution is -3.00. The minimum absolute atomic E-state index is 0. The summed E-state index contributed by atoms with van der Waals surface area (Å²) in [6, 6.07) is 0. The first-order valence-corrected chi connectivity index (χ1v) is 4.13. The third kappa shape index (κ3) is 11.0. The van der Waals surface area contributed by atoms with Crippen LogP contribution in [-0.2, 0) is 10.9 Å². The van der Waals surface area contributed by atoms with E-state index >= 15 is 0 Å². The molecule has 0 bridgehead atoms. The Bertz CT molecular complexity index is 32.9. The van der Waals surface area contributed by atoms with E-state index in [2.05, 4.69) is 12.5 Å². The average Bonchev–Trinajstić information content (AvgIpc) is 1.35. The highest BCUT2D eigenvalue weighted by Crippen LogP contribution is 1.78. The molecule has 0 aliphatic rings. The van der Waals surface area contributed by atoms with Crippen LogP contribution in [0.3, 0.4) is 0 Å². The van der Waals surface area contributed by atoms with Crippen LogP contribution in [0.1, 0.15) is 0 Å². The van der Waals surface area contributed by atoms with Crippen LogP contribution < -0.4 is 24.0 Å². The van der Waals surface area contributed by atoms with Crippen LogP contribution in [0.4, 0.5) is 0 Å². The van der Waals surface area contributed by atoms with E-state index in [1.807, 2.05) is 0 Å². The Labute approximate surface area is 64.9 Å². The van der Waals surface area contributed by atoms with Gasteiger partial charge in [-0.05, 0) is 10.9 Å². The SMILES string of the molecule is C[S+](C)CCO.[I-]. The predicted molar refractivity (Wildman–Crippen MR) is 31.2 cm³/mol. The molecule has 0 fully saturated rings. The van der Waals surface area contributed by atoms with Gasteiger partial charge in [-0.1, -0.05) is 0 Å². The lowest BCUT2D eigenvalue weighted by molar-refractivity contribution is -0.00000259. The van der Waals surface area contributed by atoms with E-state index in [9.17, 15) is 0 Å². The van der Waals surface area contributed by atoms with Gasteiger partial charge in [0.2, 0.25) is 0 Å². The molecule has 1 nitrogen and oxygen atoms in total. The summed E-state index contributed by atoms with van der Waals surface area (Å²) in [6.07, 6.45) is 4.24. The van der Waals surface area contributed by atoms with Crippen molar-refractivity contribution in [2.45, 2.75) is 0 Å².